The number of aryl methyl sites for hydroxylation is 1. The molecule has 1 aromatic rings. The molecule has 0 aromatic carbocycles. The van der Waals surface area contributed by atoms with Crippen LogP contribution in [0.4, 0.5) is 0 Å². The van der Waals surface area contributed by atoms with Crippen molar-refractivity contribution in [2.45, 2.75) is 76.3 Å². The smallest absolute Gasteiger partial charge is 0.229 e. The lowest BCUT2D eigenvalue weighted by Gasteiger charge is -2.27. The van der Waals surface area contributed by atoms with Gasteiger partial charge in [-0.3, -0.25) is 4.79 Å². The molecule has 3 rings (SSSR count). The van der Waals surface area contributed by atoms with Gasteiger partial charge in [0.25, 0.3) is 0 Å². The van der Waals surface area contributed by atoms with Crippen LogP contribution in [-0.4, -0.2) is 28.1 Å². The summed E-state index contributed by atoms with van der Waals surface area (Å²) in [6.07, 6.45) is 7.86. The van der Waals surface area contributed by atoms with Crippen LogP contribution in [-0.2, 0) is 4.79 Å². The first-order valence-corrected chi connectivity index (χ1v) is 8.47. The van der Waals surface area contributed by atoms with Crippen LogP contribution in [0, 0.1) is 12.8 Å². The second-order valence-corrected chi connectivity index (χ2v) is 6.85. The molecule has 2 atom stereocenters. The van der Waals surface area contributed by atoms with Gasteiger partial charge in [-0.25, -0.2) is 0 Å². The van der Waals surface area contributed by atoms with E-state index in [1.165, 1.54) is 0 Å². The summed E-state index contributed by atoms with van der Waals surface area (Å²) in [5.41, 5.74) is 6.04. The molecule has 22 heavy (non-hydrogen) atoms. The van der Waals surface area contributed by atoms with Gasteiger partial charge < -0.3 is 15.6 Å². The molecule has 1 amide bonds. The third kappa shape index (κ3) is 3.66. The third-order valence-electron chi connectivity index (χ3n) is 5.15. The molecule has 1 heterocycles. The van der Waals surface area contributed by atoms with E-state index in [1.807, 2.05) is 6.92 Å². The number of carbonyl (C=O) groups excluding carboxylic acids is 1. The number of aromatic nitrogens is 2. The molecule has 2 fully saturated rings. The van der Waals surface area contributed by atoms with Crippen molar-refractivity contribution in [2.75, 3.05) is 0 Å². The van der Waals surface area contributed by atoms with Gasteiger partial charge in [-0.2, -0.15) is 4.98 Å². The topological polar surface area (TPSA) is 94.0 Å². The molecular weight excluding hydrogens is 280 g/mol. The Kier molecular flexibility index (Phi) is 4.76. The maximum atomic E-state index is 12.2. The molecule has 0 saturated heterocycles. The third-order valence-corrected chi connectivity index (χ3v) is 5.15. The van der Waals surface area contributed by atoms with E-state index in [1.54, 1.807) is 0 Å². The summed E-state index contributed by atoms with van der Waals surface area (Å²) in [6.45, 7) is 1.84. The molecule has 2 aliphatic carbocycles. The number of hydrogen-bond donors (Lipinski definition) is 2. The van der Waals surface area contributed by atoms with Gasteiger partial charge in [-0.05, 0) is 51.4 Å². The molecule has 3 N–H and O–H groups in total. The summed E-state index contributed by atoms with van der Waals surface area (Å²) in [7, 11) is 0. The number of hydrogen-bond acceptors (Lipinski definition) is 5. The van der Waals surface area contributed by atoms with E-state index in [-0.39, 0.29) is 18.0 Å². The average molecular weight is 306 g/mol. The van der Waals surface area contributed by atoms with Gasteiger partial charge in [0.05, 0.1) is 0 Å². The molecule has 0 bridgehead atoms. The molecular formula is C16H26N4O2. The summed E-state index contributed by atoms with van der Waals surface area (Å²) in [6, 6.07) is 0.493. The molecule has 2 aliphatic rings. The Morgan fingerprint density at radius 3 is 2.64 bits per heavy atom. The highest BCUT2D eigenvalue weighted by molar-refractivity contribution is 5.76. The highest BCUT2D eigenvalue weighted by atomic mass is 16.5. The Bertz CT molecular complexity index is 508. The van der Waals surface area contributed by atoms with Crippen LogP contribution in [0.2, 0.25) is 0 Å². The molecule has 122 valence electrons. The lowest BCUT2D eigenvalue weighted by molar-refractivity contribution is -0.123. The quantitative estimate of drug-likeness (QED) is 0.887. The fraction of sp³-hybridized carbons (Fsp3) is 0.812. The van der Waals surface area contributed by atoms with Crippen molar-refractivity contribution >= 4 is 5.91 Å². The standard InChI is InChI=1S/C16H26N4O2/c1-10-18-16(22-20-10)11-5-7-13(8-6-11)19-15(21)9-12-3-2-4-14(12)17/h11-14H,2-9,17H2,1H3,(H,19,21)/t11?,12-,13?,14+/m0/s1. The predicted molar refractivity (Wildman–Crippen MR) is 82.1 cm³/mol. The minimum Gasteiger partial charge on any atom is -0.353 e. The van der Waals surface area contributed by atoms with Gasteiger partial charge >= 0.3 is 0 Å². The molecule has 6 nitrogen and oxygen atoms in total. The molecule has 1 aromatic heterocycles. The maximum absolute atomic E-state index is 12.2. The van der Waals surface area contributed by atoms with E-state index < -0.39 is 0 Å². The van der Waals surface area contributed by atoms with Gasteiger partial charge in [0.15, 0.2) is 5.82 Å². The van der Waals surface area contributed by atoms with Crippen LogP contribution < -0.4 is 11.1 Å². The molecule has 0 unspecified atom stereocenters. The number of nitrogens with two attached hydrogens (primary N) is 1. The molecule has 6 heteroatoms. The van der Waals surface area contributed by atoms with E-state index in [0.717, 1.165) is 50.8 Å². The van der Waals surface area contributed by atoms with Crippen molar-refractivity contribution in [1.82, 2.24) is 15.5 Å². The number of nitrogens with one attached hydrogen (secondary N) is 1. The first kappa shape index (κ1) is 15.5. The van der Waals surface area contributed by atoms with Gasteiger partial charge in [0, 0.05) is 24.4 Å². The lowest BCUT2D eigenvalue weighted by atomic mass is 9.85. The minimum atomic E-state index is 0.166. The lowest BCUT2D eigenvalue weighted by Crippen LogP contribution is -2.39. The van der Waals surface area contributed by atoms with Crippen LogP contribution in [0.5, 0.6) is 0 Å². The van der Waals surface area contributed by atoms with Crippen LogP contribution in [0.1, 0.15) is 69.0 Å². The zero-order chi connectivity index (χ0) is 15.5. The molecule has 2 saturated carbocycles. The number of nitrogens with zero attached hydrogens (tertiary/aromatic N) is 2. The highest BCUT2D eigenvalue weighted by Gasteiger charge is 2.29. The summed E-state index contributed by atoms with van der Waals surface area (Å²) in [4.78, 5) is 16.5. The summed E-state index contributed by atoms with van der Waals surface area (Å²) in [5, 5.41) is 7.04. The number of carbonyl (C=O) groups is 1. The van der Waals surface area contributed by atoms with E-state index in [9.17, 15) is 4.79 Å². The van der Waals surface area contributed by atoms with Gasteiger partial charge in [-0.15, -0.1) is 0 Å². The fourth-order valence-corrected chi connectivity index (χ4v) is 3.81. The van der Waals surface area contributed by atoms with Crippen molar-refractivity contribution in [3.05, 3.63) is 11.7 Å². The van der Waals surface area contributed by atoms with E-state index in [0.29, 0.717) is 24.1 Å². The van der Waals surface area contributed by atoms with Crippen molar-refractivity contribution in [2.24, 2.45) is 11.7 Å². The Morgan fingerprint density at radius 2 is 2.05 bits per heavy atom. The van der Waals surface area contributed by atoms with Crippen LogP contribution in [0.3, 0.4) is 0 Å². The highest BCUT2D eigenvalue weighted by Crippen LogP contribution is 2.32. The van der Waals surface area contributed by atoms with Gasteiger partial charge in [0.1, 0.15) is 0 Å². The van der Waals surface area contributed by atoms with Crippen molar-refractivity contribution in [1.29, 1.82) is 0 Å². The first-order chi connectivity index (χ1) is 10.6. The van der Waals surface area contributed by atoms with E-state index in [2.05, 4.69) is 15.5 Å². The average Bonchev–Trinajstić information content (AvgIpc) is 3.09. The van der Waals surface area contributed by atoms with Crippen LogP contribution in [0.15, 0.2) is 4.52 Å². The number of rotatable bonds is 4. The normalized spacial score (nSPS) is 32.1. The molecule has 0 spiro atoms. The Balaban J connectivity index is 1.42. The molecule has 0 aliphatic heterocycles. The van der Waals surface area contributed by atoms with Crippen molar-refractivity contribution in [3.8, 4) is 0 Å². The summed E-state index contributed by atoms with van der Waals surface area (Å²) >= 11 is 0. The monoisotopic (exact) mass is 306 g/mol. The maximum Gasteiger partial charge on any atom is 0.229 e. The first-order valence-electron chi connectivity index (χ1n) is 8.47. The summed E-state index contributed by atoms with van der Waals surface area (Å²) < 4.78 is 5.26. The largest absolute Gasteiger partial charge is 0.353 e. The van der Waals surface area contributed by atoms with Crippen LogP contribution >= 0.6 is 0 Å². The zero-order valence-corrected chi connectivity index (χ0v) is 13.3. The van der Waals surface area contributed by atoms with E-state index >= 15 is 0 Å². The Morgan fingerprint density at radius 1 is 1.27 bits per heavy atom. The van der Waals surface area contributed by atoms with Crippen molar-refractivity contribution in [3.63, 3.8) is 0 Å². The van der Waals surface area contributed by atoms with Gasteiger partial charge in [0.2, 0.25) is 11.8 Å². The second kappa shape index (κ2) is 6.77. The minimum absolute atomic E-state index is 0.166. The second-order valence-electron chi connectivity index (χ2n) is 6.85. The number of amides is 1. The molecule has 0 radical (unpaired) electrons. The Hall–Kier alpha value is -1.43. The van der Waals surface area contributed by atoms with Crippen LogP contribution in [0.25, 0.3) is 0 Å². The zero-order valence-electron chi connectivity index (χ0n) is 13.3. The Labute approximate surface area is 131 Å². The van der Waals surface area contributed by atoms with E-state index in [4.69, 9.17) is 10.3 Å². The fourth-order valence-electron chi connectivity index (χ4n) is 3.81. The van der Waals surface area contributed by atoms with Gasteiger partial charge in [-0.1, -0.05) is 11.6 Å². The predicted octanol–water partition coefficient (Wildman–Crippen LogP) is 2.04. The summed E-state index contributed by atoms with van der Waals surface area (Å²) in [5.74, 6) is 2.33. The SMILES string of the molecule is Cc1noc(C2CCC(NC(=O)C[C@@H]3CCC[C@H]3N)CC2)n1. The van der Waals surface area contributed by atoms with Crippen molar-refractivity contribution < 1.29 is 9.32 Å².